The predicted molar refractivity (Wildman–Crippen MR) is 73.0 cm³/mol. The summed E-state index contributed by atoms with van der Waals surface area (Å²) in [6.45, 7) is 18.8. The van der Waals surface area contributed by atoms with Crippen molar-refractivity contribution in [2.75, 3.05) is 0 Å². The van der Waals surface area contributed by atoms with Gasteiger partial charge in [-0.1, -0.05) is 88.0 Å². The number of hydrogen-bond donors (Lipinski definition) is 0. The summed E-state index contributed by atoms with van der Waals surface area (Å²) in [6.07, 6.45) is 5.53. The van der Waals surface area contributed by atoms with Crippen LogP contribution in [0.25, 0.3) is 0 Å². The SMILES string of the molecule is CC.CC.CC.CCCCC(C)CC. The van der Waals surface area contributed by atoms with Crippen LogP contribution >= 0.6 is 0 Å². The zero-order chi connectivity index (χ0) is 12.4. The van der Waals surface area contributed by atoms with Crippen LogP contribution in [-0.4, -0.2) is 0 Å². The standard InChI is InChI=1S/C8H18.3C2H6/c1-4-6-7-8(3)5-2;3*1-2/h8H,4-7H2,1-3H3;3*1-2H3. The van der Waals surface area contributed by atoms with Crippen LogP contribution in [0.4, 0.5) is 0 Å². The van der Waals surface area contributed by atoms with Crippen LogP contribution in [0.3, 0.4) is 0 Å². The Bertz CT molecular complexity index is 39.3. The van der Waals surface area contributed by atoms with Crippen LogP contribution in [0.2, 0.25) is 0 Å². The first-order valence-corrected chi connectivity index (χ1v) is 6.81. The largest absolute Gasteiger partial charge is 0.0683 e. The minimum absolute atomic E-state index is 0.954. The minimum atomic E-state index is 0.954. The highest BCUT2D eigenvalue weighted by Crippen LogP contribution is 2.09. The summed E-state index contributed by atoms with van der Waals surface area (Å²) < 4.78 is 0. The van der Waals surface area contributed by atoms with Crippen LogP contribution in [0.1, 0.15) is 88.0 Å². The van der Waals surface area contributed by atoms with Gasteiger partial charge in [-0.15, -0.1) is 0 Å². The fourth-order valence-electron chi connectivity index (χ4n) is 0.757. The second-order valence-electron chi connectivity index (χ2n) is 2.66. The molecule has 0 heterocycles. The van der Waals surface area contributed by atoms with Crippen LogP contribution in [-0.2, 0) is 0 Å². The van der Waals surface area contributed by atoms with E-state index in [2.05, 4.69) is 20.8 Å². The molecule has 92 valence electrons. The Kier molecular flexibility index (Phi) is 64.6. The lowest BCUT2D eigenvalue weighted by molar-refractivity contribution is 0.492. The molecule has 0 aromatic carbocycles. The van der Waals surface area contributed by atoms with Crippen molar-refractivity contribution in [2.24, 2.45) is 5.92 Å². The molecule has 1 unspecified atom stereocenters. The van der Waals surface area contributed by atoms with E-state index in [0.717, 1.165) is 5.92 Å². The van der Waals surface area contributed by atoms with E-state index in [9.17, 15) is 0 Å². The van der Waals surface area contributed by atoms with E-state index in [0.29, 0.717) is 0 Å². The topological polar surface area (TPSA) is 0 Å². The fraction of sp³-hybridized carbons (Fsp3) is 1.00. The molecule has 0 aliphatic heterocycles. The average molecular weight is 204 g/mol. The van der Waals surface area contributed by atoms with E-state index in [1.165, 1.54) is 25.7 Å². The molecule has 0 saturated carbocycles. The normalized spacial score (nSPS) is 9.21. The van der Waals surface area contributed by atoms with Gasteiger partial charge in [0.15, 0.2) is 0 Å². The van der Waals surface area contributed by atoms with Gasteiger partial charge in [0.05, 0.1) is 0 Å². The highest BCUT2D eigenvalue weighted by molar-refractivity contribution is 4.47. The summed E-state index contributed by atoms with van der Waals surface area (Å²) in [5, 5.41) is 0. The van der Waals surface area contributed by atoms with Gasteiger partial charge in [-0.25, -0.2) is 0 Å². The maximum absolute atomic E-state index is 2.33. The molecule has 0 spiro atoms. The first kappa shape index (κ1) is 23.7. The molecule has 0 radical (unpaired) electrons. The van der Waals surface area contributed by atoms with E-state index in [1.54, 1.807) is 0 Å². The summed E-state index contributed by atoms with van der Waals surface area (Å²) in [4.78, 5) is 0. The van der Waals surface area contributed by atoms with Crippen molar-refractivity contribution in [1.29, 1.82) is 0 Å². The lowest BCUT2D eigenvalue weighted by Gasteiger charge is -2.04. The third-order valence-electron chi connectivity index (χ3n) is 1.75. The van der Waals surface area contributed by atoms with Crippen LogP contribution in [0, 0.1) is 5.92 Å². The van der Waals surface area contributed by atoms with Crippen molar-refractivity contribution in [3.8, 4) is 0 Å². The summed E-state index contributed by atoms with van der Waals surface area (Å²) in [6, 6.07) is 0. The fourth-order valence-corrected chi connectivity index (χ4v) is 0.757. The maximum atomic E-state index is 2.33. The highest BCUT2D eigenvalue weighted by Gasteiger charge is 1.94. The van der Waals surface area contributed by atoms with E-state index in [-0.39, 0.29) is 0 Å². The van der Waals surface area contributed by atoms with Gasteiger partial charge in [-0.05, 0) is 5.92 Å². The van der Waals surface area contributed by atoms with E-state index >= 15 is 0 Å². The molecule has 0 heteroatoms. The van der Waals surface area contributed by atoms with Gasteiger partial charge in [-0.3, -0.25) is 0 Å². The van der Waals surface area contributed by atoms with Crippen molar-refractivity contribution in [3.63, 3.8) is 0 Å². The molecular weight excluding hydrogens is 168 g/mol. The molecule has 0 bridgehead atoms. The average Bonchev–Trinajstić information content (AvgIpc) is 2.33. The zero-order valence-electron chi connectivity index (χ0n) is 12.4. The van der Waals surface area contributed by atoms with Crippen LogP contribution in [0.5, 0.6) is 0 Å². The van der Waals surface area contributed by atoms with E-state index in [4.69, 9.17) is 0 Å². The third-order valence-corrected chi connectivity index (χ3v) is 1.75. The minimum Gasteiger partial charge on any atom is -0.0683 e. The first-order chi connectivity index (χ1) is 6.81. The van der Waals surface area contributed by atoms with Gasteiger partial charge in [0.25, 0.3) is 0 Å². The second-order valence-corrected chi connectivity index (χ2v) is 2.66. The van der Waals surface area contributed by atoms with Crippen LogP contribution < -0.4 is 0 Å². The molecule has 14 heavy (non-hydrogen) atoms. The molecular formula is C14H36. The quantitative estimate of drug-likeness (QED) is 0.504. The van der Waals surface area contributed by atoms with Gasteiger partial charge in [0.1, 0.15) is 0 Å². The number of rotatable bonds is 4. The Morgan fingerprint density at radius 1 is 0.786 bits per heavy atom. The smallest absolute Gasteiger partial charge is 0.0445 e. The Labute approximate surface area is 94.5 Å². The Balaban J connectivity index is -0.0000000708. The van der Waals surface area contributed by atoms with Crippen molar-refractivity contribution in [1.82, 2.24) is 0 Å². The van der Waals surface area contributed by atoms with Crippen molar-refractivity contribution in [3.05, 3.63) is 0 Å². The molecule has 0 aliphatic rings. The molecule has 0 aromatic heterocycles. The number of hydrogen-bond acceptors (Lipinski definition) is 0. The Morgan fingerprint density at radius 2 is 1.14 bits per heavy atom. The monoisotopic (exact) mass is 204 g/mol. The van der Waals surface area contributed by atoms with Gasteiger partial charge < -0.3 is 0 Å². The number of unbranched alkanes of at least 4 members (excludes halogenated alkanes) is 1. The first-order valence-electron chi connectivity index (χ1n) is 6.81. The Hall–Kier alpha value is 0. The summed E-state index contributed by atoms with van der Waals surface area (Å²) in [5.41, 5.74) is 0. The third kappa shape index (κ3) is 40.3. The van der Waals surface area contributed by atoms with Gasteiger partial charge in [0.2, 0.25) is 0 Å². The van der Waals surface area contributed by atoms with E-state index in [1.807, 2.05) is 41.5 Å². The molecule has 0 aliphatic carbocycles. The predicted octanol–water partition coefficient (Wildman–Crippen LogP) is 6.30. The van der Waals surface area contributed by atoms with E-state index < -0.39 is 0 Å². The Morgan fingerprint density at radius 3 is 1.36 bits per heavy atom. The lowest BCUT2D eigenvalue weighted by atomic mass is 10.0. The summed E-state index contributed by atoms with van der Waals surface area (Å²) >= 11 is 0. The van der Waals surface area contributed by atoms with Crippen molar-refractivity contribution >= 4 is 0 Å². The molecule has 1 atom stereocenters. The summed E-state index contributed by atoms with van der Waals surface area (Å²) in [5.74, 6) is 0.954. The van der Waals surface area contributed by atoms with Crippen molar-refractivity contribution in [2.45, 2.75) is 88.0 Å². The highest BCUT2D eigenvalue weighted by atomic mass is 14.0. The zero-order valence-corrected chi connectivity index (χ0v) is 12.4. The van der Waals surface area contributed by atoms with Crippen LogP contribution in [0.15, 0.2) is 0 Å². The second kappa shape index (κ2) is 38.2. The van der Waals surface area contributed by atoms with Crippen molar-refractivity contribution < 1.29 is 0 Å². The maximum Gasteiger partial charge on any atom is -0.0445 e. The van der Waals surface area contributed by atoms with Gasteiger partial charge in [-0.2, -0.15) is 0 Å². The molecule has 0 aromatic rings. The molecule has 0 nitrogen and oxygen atoms in total. The molecule has 0 saturated heterocycles. The molecule has 0 fully saturated rings. The van der Waals surface area contributed by atoms with Gasteiger partial charge >= 0.3 is 0 Å². The molecule has 0 rings (SSSR count). The summed E-state index contributed by atoms with van der Waals surface area (Å²) in [7, 11) is 0. The molecule has 0 amide bonds. The molecule has 0 N–H and O–H groups in total. The lowest BCUT2D eigenvalue weighted by Crippen LogP contribution is -1.89. The van der Waals surface area contributed by atoms with Gasteiger partial charge in [0, 0.05) is 0 Å².